The highest BCUT2D eigenvalue weighted by atomic mass is 19.3. The van der Waals surface area contributed by atoms with Gasteiger partial charge in [0, 0.05) is 6.54 Å². The van der Waals surface area contributed by atoms with Crippen molar-refractivity contribution in [3.63, 3.8) is 0 Å². The van der Waals surface area contributed by atoms with Crippen LogP contribution in [0.3, 0.4) is 0 Å². The van der Waals surface area contributed by atoms with Crippen molar-refractivity contribution in [3.05, 3.63) is 29.8 Å². The Bertz CT molecular complexity index is 627. The Balaban J connectivity index is 2.22. The predicted octanol–water partition coefficient (Wildman–Crippen LogP) is 1.97. The molecule has 0 aromatic heterocycles. The Hall–Kier alpha value is -2.69. The molecule has 1 N–H and O–H groups in total. The molecule has 1 aromatic carbocycles. The number of rotatable bonds is 5. The average molecular weight is 309 g/mol. The molecular weight excluding hydrogens is 296 g/mol. The molecule has 0 unspecified atom stereocenters. The molecule has 6 nitrogen and oxygen atoms in total. The second-order valence-electron chi connectivity index (χ2n) is 4.82. The smallest absolute Gasteiger partial charge is 0.387 e. The molecular formula is C14H13F2N3O3. The summed E-state index contributed by atoms with van der Waals surface area (Å²) in [7, 11) is 0. The van der Waals surface area contributed by atoms with Gasteiger partial charge in [0.2, 0.25) is 0 Å². The van der Waals surface area contributed by atoms with Crippen molar-refractivity contribution >= 4 is 11.9 Å². The quantitative estimate of drug-likeness (QED) is 0.843. The van der Waals surface area contributed by atoms with Crippen LogP contribution < -0.4 is 10.1 Å². The minimum absolute atomic E-state index is 0.00331. The summed E-state index contributed by atoms with van der Waals surface area (Å²) < 4.78 is 28.5. The number of benzene rings is 1. The number of hydrogen-bond donors (Lipinski definition) is 1. The number of alkyl halides is 2. The number of urea groups is 1. The molecule has 1 aliphatic heterocycles. The third-order valence-electron chi connectivity index (χ3n) is 3.38. The molecule has 1 aromatic rings. The maximum atomic E-state index is 12.4. The molecule has 2 rings (SSSR count). The number of imide groups is 1. The van der Waals surface area contributed by atoms with Crippen LogP contribution in [0.4, 0.5) is 13.6 Å². The lowest BCUT2D eigenvalue weighted by Gasteiger charge is -2.22. The number of carbonyl (C=O) groups excluding carboxylic acids is 2. The molecule has 0 spiro atoms. The van der Waals surface area contributed by atoms with E-state index < -0.39 is 24.1 Å². The summed E-state index contributed by atoms with van der Waals surface area (Å²) in [5.74, 6) is -0.532. The number of amides is 3. The van der Waals surface area contributed by atoms with Crippen molar-refractivity contribution in [2.75, 3.05) is 6.54 Å². The first-order chi connectivity index (χ1) is 10.4. The lowest BCUT2D eigenvalue weighted by atomic mass is 9.92. The minimum Gasteiger partial charge on any atom is -0.435 e. The van der Waals surface area contributed by atoms with E-state index in [4.69, 9.17) is 5.26 Å². The number of nitriles is 1. The fourth-order valence-corrected chi connectivity index (χ4v) is 2.23. The summed E-state index contributed by atoms with van der Waals surface area (Å²) in [6.45, 7) is -1.41. The SMILES string of the molecule is C[C@]1(c2ccc(OC(F)F)cc2)NC(=O)N(CCC#N)C1=O. The first-order valence-corrected chi connectivity index (χ1v) is 6.45. The van der Waals surface area contributed by atoms with Crippen LogP contribution in [0.1, 0.15) is 18.9 Å². The molecule has 116 valence electrons. The van der Waals surface area contributed by atoms with E-state index in [2.05, 4.69) is 10.1 Å². The minimum atomic E-state index is -2.93. The Kier molecular flexibility index (Phi) is 4.26. The van der Waals surface area contributed by atoms with Gasteiger partial charge in [-0.2, -0.15) is 14.0 Å². The fourth-order valence-electron chi connectivity index (χ4n) is 2.23. The van der Waals surface area contributed by atoms with Gasteiger partial charge in [-0.05, 0) is 24.6 Å². The van der Waals surface area contributed by atoms with E-state index in [1.807, 2.05) is 6.07 Å². The second kappa shape index (κ2) is 5.97. The zero-order valence-electron chi connectivity index (χ0n) is 11.7. The summed E-state index contributed by atoms with van der Waals surface area (Å²) in [5, 5.41) is 11.1. The van der Waals surface area contributed by atoms with E-state index in [1.54, 1.807) is 0 Å². The molecule has 0 saturated carbocycles. The van der Waals surface area contributed by atoms with E-state index in [1.165, 1.54) is 31.2 Å². The van der Waals surface area contributed by atoms with Crippen LogP contribution in [-0.4, -0.2) is 30.0 Å². The topological polar surface area (TPSA) is 82.4 Å². The number of ether oxygens (including phenoxy) is 1. The van der Waals surface area contributed by atoms with Gasteiger partial charge in [0.25, 0.3) is 5.91 Å². The lowest BCUT2D eigenvalue weighted by molar-refractivity contribution is -0.131. The van der Waals surface area contributed by atoms with Gasteiger partial charge in [-0.1, -0.05) is 12.1 Å². The number of halogens is 2. The van der Waals surface area contributed by atoms with E-state index in [9.17, 15) is 18.4 Å². The molecule has 1 heterocycles. The molecule has 1 atom stereocenters. The third-order valence-corrected chi connectivity index (χ3v) is 3.38. The lowest BCUT2D eigenvalue weighted by Crippen LogP contribution is -2.40. The summed E-state index contributed by atoms with van der Waals surface area (Å²) >= 11 is 0. The highest BCUT2D eigenvalue weighted by molar-refractivity contribution is 6.07. The molecule has 0 bridgehead atoms. The highest BCUT2D eigenvalue weighted by Crippen LogP contribution is 2.30. The maximum Gasteiger partial charge on any atom is 0.387 e. The van der Waals surface area contributed by atoms with Crippen molar-refractivity contribution in [1.29, 1.82) is 5.26 Å². The number of carbonyl (C=O) groups is 2. The molecule has 1 saturated heterocycles. The van der Waals surface area contributed by atoms with Crippen LogP contribution in [0.5, 0.6) is 5.75 Å². The maximum absolute atomic E-state index is 12.4. The van der Waals surface area contributed by atoms with Crippen LogP contribution >= 0.6 is 0 Å². The van der Waals surface area contributed by atoms with Gasteiger partial charge in [0.05, 0.1) is 12.5 Å². The predicted molar refractivity (Wildman–Crippen MR) is 70.9 cm³/mol. The second-order valence-corrected chi connectivity index (χ2v) is 4.82. The fraction of sp³-hybridized carbons (Fsp3) is 0.357. The van der Waals surface area contributed by atoms with E-state index in [0.717, 1.165) is 4.90 Å². The van der Waals surface area contributed by atoms with Gasteiger partial charge in [-0.15, -0.1) is 0 Å². The van der Waals surface area contributed by atoms with Crippen molar-refractivity contribution in [2.45, 2.75) is 25.5 Å². The zero-order chi connectivity index (χ0) is 16.3. The monoisotopic (exact) mass is 309 g/mol. The van der Waals surface area contributed by atoms with Gasteiger partial charge < -0.3 is 10.1 Å². The van der Waals surface area contributed by atoms with E-state index in [0.29, 0.717) is 5.56 Å². The Labute approximate surface area is 125 Å². The van der Waals surface area contributed by atoms with Gasteiger partial charge in [-0.3, -0.25) is 9.69 Å². The molecule has 3 amide bonds. The molecule has 0 aliphatic carbocycles. The van der Waals surface area contributed by atoms with Crippen molar-refractivity contribution in [2.24, 2.45) is 0 Å². The summed E-state index contributed by atoms with van der Waals surface area (Å²) in [6.07, 6.45) is 0.0381. The summed E-state index contributed by atoms with van der Waals surface area (Å²) in [5.41, 5.74) is -0.859. The third kappa shape index (κ3) is 2.83. The van der Waals surface area contributed by atoms with Crippen molar-refractivity contribution < 1.29 is 23.1 Å². The van der Waals surface area contributed by atoms with Crippen LogP contribution in [0.15, 0.2) is 24.3 Å². The molecule has 1 fully saturated rings. The van der Waals surface area contributed by atoms with Gasteiger partial charge in [-0.25, -0.2) is 4.79 Å². The van der Waals surface area contributed by atoms with E-state index in [-0.39, 0.29) is 18.7 Å². The normalized spacial score (nSPS) is 21.0. The Morgan fingerprint density at radius 1 is 1.36 bits per heavy atom. The summed E-state index contributed by atoms with van der Waals surface area (Å²) in [6, 6.07) is 6.74. The zero-order valence-corrected chi connectivity index (χ0v) is 11.7. The molecule has 1 aliphatic rings. The Morgan fingerprint density at radius 3 is 2.55 bits per heavy atom. The highest BCUT2D eigenvalue weighted by Gasteiger charge is 2.48. The van der Waals surface area contributed by atoms with Crippen LogP contribution in [-0.2, 0) is 10.3 Å². The average Bonchev–Trinajstić information content (AvgIpc) is 2.68. The largest absolute Gasteiger partial charge is 0.435 e. The first kappa shape index (κ1) is 15.7. The van der Waals surface area contributed by atoms with Crippen molar-refractivity contribution in [1.82, 2.24) is 10.2 Å². The standard InChI is InChI=1S/C14H13F2N3O3/c1-14(9-3-5-10(6-4-9)22-12(15)16)11(20)19(8-2-7-17)13(21)18-14/h3-6,12H,2,8H2,1H3,(H,18,21)/t14-/m1/s1. The molecule has 22 heavy (non-hydrogen) atoms. The molecule has 0 radical (unpaired) electrons. The molecule has 8 heteroatoms. The van der Waals surface area contributed by atoms with Gasteiger partial charge in [0.1, 0.15) is 11.3 Å². The Morgan fingerprint density at radius 2 is 2.00 bits per heavy atom. The number of nitrogens with one attached hydrogen (secondary N) is 1. The van der Waals surface area contributed by atoms with Crippen molar-refractivity contribution in [3.8, 4) is 11.8 Å². The van der Waals surface area contributed by atoms with Gasteiger partial charge >= 0.3 is 12.6 Å². The van der Waals surface area contributed by atoms with Crippen LogP contribution in [0.25, 0.3) is 0 Å². The summed E-state index contributed by atoms with van der Waals surface area (Å²) in [4.78, 5) is 25.2. The van der Waals surface area contributed by atoms with Crippen LogP contribution in [0.2, 0.25) is 0 Å². The van der Waals surface area contributed by atoms with Gasteiger partial charge in [0.15, 0.2) is 0 Å². The number of hydrogen-bond acceptors (Lipinski definition) is 4. The van der Waals surface area contributed by atoms with E-state index >= 15 is 0 Å². The first-order valence-electron chi connectivity index (χ1n) is 6.45. The number of nitrogens with zero attached hydrogens (tertiary/aromatic N) is 2. The van der Waals surface area contributed by atoms with Crippen LogP contribution in [0, 0.1) is 11.3 Å².